The summed E-state index contributed by atoms with van der Waals surface area (Å²) in [5.74, 6) is -0.00307. The number of amides is 1. The zero-order valence-electron chi connectivity index (χ0n) is 13.2. The molecule has 1 aliphatic heterocycles. The normalized spacial score (nSPS) is 19.5. The first kappa shape index (κ1) is 16.2. The standard InChI is InChI=1S/C19H21BrN2O/c1-14(15-7-3-2-4-8-15)22-12-11-16(13-22)21-19(23)17-9-5-6-10-18(17)20/h2-10,14,16H,11-13H2,1H3,(H,21,23). The molecule has 0 bridgehead atoms. The Morgan fingerprint density at radius 3 is 2.61 bits per heavy atom. The number of likely N-dealkylation sites (tertiary alicyclic amines) is 1. The van der Waals surface area contributed by atoms with Gasteiger partial charge in [0, 0.05) is 29.6 Å². The average molecular weight is 373 g/mol. The zero-order valence-corrected chi connectivity index (χ0v) is 14.8. The van der Waals surface area contributed by atoms with Crippen LogP contribution in [0.4, 0.5) is 0 Å². The molecule has 120 valence electrons. The van der Waals surface area contributed by atoms with Gasteiger partial charge in [0.05, 0.1) is 5.56 Å². The smallest absolute Gasteiger partial charge is 0.252 e. The first-order valence-corrected chi connectivity index (χ1v) is 8.79. The number of carbonyl (C=O) groups excluding carboxylic acids is 1. The lowest BCUT2D eigenvalue weighted by Gasteiger charge is -2.24. The molecule has 0 aromatic heterocycles. The number of hydrogen-bond donors (Lipinski definition) is 1. The van der Waals surface area contributed by atoms with E-state index in [4.69, 9.17) is 0 Å². The van der Waals surface area contributed by atoms with Crippen LogP contribution in [-0.2, 0) is 0 Å². The van der Waals surface area contributed by atoms with Crippen molar-refractivity contribution in [2.24, 2.45) is 0 Å². The van der Waals surface area contributed by atoms with Crippen molar-refractivity contribution in [3.63, 3.8) is 0 Å². The van der Waals surface area contributed by atoms with Crippen molar-refractivity contribution in [3.05, 3.63) is 70.2 Å². The van der Waals surface area contributed by atoms with Gasteiger partial charge in [0.2, 0.25) is 0 Å². The van der Waals surface area contributed by atoms with Crippen LogP contribution < -0.4 is 5.32 Å². The van der Waals surface area contributed by atoms with E-state index in [0.717, 1.165) is 24.0 Å². The van der Waals surface area contributed by atoms with E-state index in [0.29, 0.717) is 11.6 Å². The summed E-state index contributed by atoms with van der Waals surface area (Å²) in [6, 6.07) is 18.7. The Bertz CT molecular complexity index is 674. The van der Waals surface area contributed by atoms with Gasteiger partial charge in [-0.3, -0.25) is 9.69 Å². The molecule has 0 saturated carbocycles. The van der Waals surface area contributed by atoms with Crippen LogP contribution >= 0.6 is 15.9 Å². The summed E-state index contributed by atoms with van der Waals surface area (Å²) in [7, 11) is 0. The highest BCUT2D eigenvalue weighted by Gasteiger charge is 2.28. The summed E-state index contributed by atoms with van der Waals surface area (Å²) in [4.78, 5) is 14.8. The molecule has 3 rings (SSSR count). The molecule has 1 fully saturated rings. The molecule has 1 N–H and O–H groups in total. The lowest BCUT2D eigenvalue weighted by molar-refractivity contribution is 0.0935. The first-order valence-electron chi connectivity index (χ1n) is 7.99. The van der Waals surface area contributed by atoms with Crippen molar-refractivity contribution >= 4 is 21.8 Å². The van der Waals surface area contributed by atoms with E-state index in [1.807, 2.05) is 30.3 Å². The summed E-state index contributed by atoms with van der Waals surface area (Å²) in [5, 5.41) is 3.16. The topological polar surface area (TPSA) is 32.3 Å². The largest absolute Gasteiger partial charge is 0.348 e. The number of nitrogens with one attached hydrogen (secondary N) is 1. The number of carbonyl (C=O) groups is 1. The number of benzene rings is 2. The minimum Gasteiger partial charge on any atom is -0.348 e. The van der Waals surface area contributed by atoms with Crippen molar-refractivity contribution in [2.75, 3.05) is 13.1 Å². The summed E-state index contributed by atoms with van der Waals surface area (Å²) in [6.07, 6.45) is 0.993. The van der Waals surface area contributed by atoms with E-state index in [9.17, 15) is 4.79 Å². The van der Waals surface area contributed by atoms with Crippen LogP contribution in [0.2, 0.25) is 0 Å². The van der Waals surface area contributed by atoms with Gasteiger partial charge in [-0.25, -0.2) is 0 Å². The number of nitrogens with zero attached hydrogens (tertiary/aromatic N) is 1. The third-order valence-electron chi connectivity index (χ3n) is 4.50. The van der Waals surface area contributed by atoms with Crippen LogP contribution in [0.5, 0.6) is 0 Å². The number of hydrogen-bond acceptors (Lipinski definition) is 2. The molecule has 2 aromatic rings. The fraction of sp³-hybridized carbons (Fsp3) is 0.316. The summed E-state index contributed by atoms with van der Waals surface area (Å²) in [5.41, 5.74) is 2.02. The minimum absolute atomic E-state index is 0.00307. The maximum Gasteiger partial charge on any atom is 0.252 e. The Morgan fingerprint density at radius 1 is 1.17 bits per heavy atom. The fourth-order valence-corrected chi connectivity index (χ4v) is 3.57. The number of halogens is 1. The van der Waals surface area contributed by atoms with Gasteiger partial charge in [0.15, 0.2) is 0 Å². The van der Waals surface area contributed by atoms with Crippen molar-refractivity contribution in [2.45, 2.75) is 25.4 Å². The molecule has 1 amide bonds. The first-order chi connectivity index (χ1) is 11.1. The second-order valence-electron chi connectivity index (χ2n) is 6.02. The van der Waals surface area contributed by atoms with Gasteiger partial charge < -0.3 is 5.32 Å². The van der Waals surface area contributed by atoms with Crippen LogP contribution in [0.3, 0.4) is 0 Å². The van der Waals surface area contributed by atoms with E-state index in [-0.39, 0.29) is 11.9 Å². The fourth-order valence-electron chi connectivity index (χ4n) is 3.11. The highest BCUT2D eigenvalue weighted by molar-refractivity contribution is 9.10. The van der Waals surface area contributed by atoms with Gasteiger partial charge >= 0.3 is 0 Å². The molecule has 4 heteroatoms. The maximum absolute atomic E-state index is 12.4. The molecule has 1 saturated heterocycles. The highest BCUT2D eigenvalue weighted by Crippen LogP contribution is 2.25. The van der Waals surface area contributed by atoms with Crippen molar-refractivity contribution in [1.29, 1.82) is 0 Å². The molecule has 0 spiro atoms. The maximum atomic E-state index is 12.4. The van der Waals surface area contributed by atoms with Gasteiger partial charge in [0.1, 0.15) is 0 Å². The highest BCUT2D eigenvalue weighted by atomic mass is 79.9. The Kier molecular flexibility index (Phi) is 5.13. The van der Waals surface area contributed by atoms with E-state index in [1.54, 1.807) is 0 Å². The quantitative estimate of drug-likeness (QED) is 0.878. The number of rotatable bonds is 4. The molecule has 0 radical (unpaired) electrons. The van der Waals surface area contributed by atoms with Gasteiger partial charge in [0.25, 0.3) is 5.91 Å². The van der Waals surface area contributed by atoms with Crippen molar-refractivity contribution in [3.8, 4) is 0 Å². The van der Waals surface area contributed by atoms with Crippen LogP contribution in [0, 0.1) is 0 Å². The van der Waals surface area contributed by atoms with Gasteiger partial charge in [-0.15, -0.1) is 0 Å². The zero-order chi connectivity index (χ0) is 16.2. The SMILES string of the molecule is CC(c1ccccc1)N1CCC(NC(=O)c2ccccc2Br)C1. The Labute approximate surface area is 145 Å². The van der Waals surface area contributed by atoms with Gasteiger partial charge in [-0.05, 0) is 47.0 Å². The molecule has 1 heterocycles. The van der Waals surface area contributed by atoms with E-state index < -0.39 is 0 Å². The lowest BCUT2D eigenvalue weighted by atomic mass is 10.1. The monoisotopic (exact) mass is 372 g/mol. The van der Waals surface area contributed by atoms with Crippen LogP contribution in [0.25, 0.3) is 0 Å². The molecular weight excluding hydrogens is 352 g/mol. The van der Waals surface area contributed by atoms with E-state index >= 15 is 0 Å². The second-order valence-corrected chi connectivity index (χ2v) is 6.87. The van der Waals surface area contributed by atoms with Crippen LogP contribution in [0.1, 0.15) is 35.3 Å². The van der Waals surface area contributed by atoms with Crippen molar-refractivity contribution < 1.29 is 4.79 Å². The molecule has 23 heavy (non-hydrogen) atoms. The van der Waals surface area contributed by atoms with Crippen LogP contribution in [0.15, 0.2) is 59.1 Å². The average Bonchev–Trinajstić information content (AvgIpc) is 3.03. The Balaban J connectivity index is 1.60. The third-order valence-corrected chi connectivity index (χ3v) is 5.19. The van der Waals surface area contributed by atoms with Crippen molar-refractivity contribution in [1.82, 2.24) is 10.2 Å². The predicted octanol–water partition coefficient (Wildman–Crippen LogP) is 4.01. The summed E-state index contributed by atoms with van der Waals surface area (Å²) in [6.45, 7) is 4.14. The molecule has 1 aliphatic rings. The van der Waals surface area contributed by atoms with Crippen LogP contribution in [-0.4, -0.2) is 29.9 Å². The molecule has 0 aliphatic carbocycles. The molecule has 3 nitrogen and oxygen atoms in total. The van der Waals surface area contributed by atoms with Gasteiger partial charge in [-0.2, -0.15) is 0 Å². The second kappa shape index (κ2) is 7.28. The van der Waals surface area contributed by atoms with E-state index in [2.05, 4.69) is 57.3 Å². The predicted molar refractivity (Wildman–Crippen MR) is 96.4 cm³/mol. The van der Waals surface area contributed by atoms with E-state index in [1.165, 1.54) is 5.56 Å². The summed E-state index contributed by atoms with van der Waals surface area (Å²) >= 11 is 3.44. The summed E-state index contributed by atoms with van der Waals surface area (Å²) < 4.78 is 0.838. The molecule has 2 atom stereocenters. The minimum atomic E-state index is -0.00307. The Hall–Kier alpha value is -1.65. The molecular formula is C19H21BrN2O. The lowest BCUT2D eigenvalue weighted by Crippen LogP contribution is -2.37. The Morgan fingerprint density at radius 2 is 1.87 bits per heavy atom. The molecule has 2 aromatic carbocycles. The van der Waals surface area contributed by atoms with Gasteiger partial charge in [-0.1, -0.05) is 42.5 Å². The third kappa shape index (κ3) is 3.82. The molecule has 2 unspecified atom stereocenters.